The molecular formula is C18H23NO6. The maximum atomic E-state index is 11.9. The molecule has 2 N–H and O–H groups in total. The van der Waals surface area contributed by atoms with Gasteiger partial charge in [0.05, 0.1) is 19.8 Å². The van der Waals surface area contributed by atoms with Crippen LogP contribution >= 0.6 is 0 Å². The van der Waals surface area contributed by atoms with E-state index in [-0.39, 0.29) is 17.7 Å². The SMILES string of the molecule is COc1cccc(CCC(=O)OC/C(O)=C(\C(C)=N)C(C)=O)c1OC. The van der Waals surface area contributed by atoms with E-state index in [0.29, 0.717) is 17.9 Å². The molecule has 136 valence electrons. The van der Waals surface area contributed by atoms with E-state index in [4.69, 9.17) is 19.6 Å². The maximum absolute atomic E-state index is 11.9. The van der Waals surface area contributed by atoms with Crippen LogP contribution in [0.15, 0.2) is 29.5 Å². The molecular weight excluding hydrogens is 326 g/mol. The van der Waals surface area contributed by atoms with Crippen LogP contribution in [0.5, 0.6) is 11.5 Å². The first-order chi connectivity index (χ1) is 11.8. The predicted octanol–water partition coefficient (Wildman–Crippen LogP) is 2.62. The molecule has 0 saturated carbocycles. The number of Topliss-reactive ketones (excluding diaryl/α,β-unsaturated/α-hetero) is 1. The van der Waals surface area contributed by atoms with Crippen molar-refractivity contribution < 1.29 is 28.9 Å². The molecule has 0 aliphatic rings. The maximum Gasteiger partial charge on any atom is 0.306 e. The van der Waals surface area contributed by atoms with Crippen molar-refractivity contribution in [3.05, 3.63) is 35.1 Å². The Balaban J connectivity index is 2.69. The quantitative estimate of drug-likeness (QED) is 0.307. The number of benzene rings is 1. The Hall–Kier alpha value is -2.83. The van der Waals surface area contributed by atoms with Gasteiger partial charge in [-0.3, -0.25) is 9.59 Å². The minimum Gasteiger partial charge on any atom is -0.508 e. The van der Waals surface area contributed by atoms with Gasteiger partial charge in [0, 0.05) is 12.1 Å². The molecule has 0 amide bonds. The summed E-state index contributed by atoms with van der Waals surface area (Å²) in [6.07, 6.45) is 0.433. The highest BCUT2D eigenvalue weighted by Crippen LogP contribution is 2.31. The lowest BCUT2D eigenvalue weighted by molar-refractivity contribution is -0.143. The Morgan fingerprint density at radius 3 is 2.36 bits per heavy atom. The van der Waals surface area contributed by atoms with Crippen LogP contribution in [0.3, 0.4) is 0 Å². The van der Waals surface area contributed by atoms with E-state index < -0.39 is 24.1 Å². The normalized spacial score (nSPS) is 11.4. The average Bonchev–Trinajstić information content (AvgIpc) is 2.56. The van der Waals surface area contributed by atoms with Gasteiger partial charge in [-0.2, -0.15) is 0 Å². The van der Waals surface area contributed by atoms with Crippen LogP contribution < -0.4 is 9.47 Å². The van der Waals surface area contributed by atoms with Gasteiger partial charge in [0.15, 0.2) is 17.3 Å². The summed E-state index contributed by atoms with van der Waals surface area (Å²) < 4.78 is 15.5. The molecule has 25 heavy (non-hydrogen) atoms. The number of ether oxygens (including phenoxy) is 3. The van der Waals surface area contributed by atoms with Gasteiger partial charge in [-0.15, -0.1) is 0 Å². The molecule has 0 unspecified atom stereocenters. The summed E-state index contributed by atoms with van der Waals surface area (Å²) in [6.45, 7) is 2.17. The zero-order valence-corrected chi connectivity index (χ0v) is 14.8. The highest BCUT2D eigenvalue weighted by Gasteiger charge is 2.16. The third kappa shape index (κ3) is 5.63. The van der Waals surface area contributed by atoms with Crippen molar-refractivity contribution in [3.8, 4) is 11.5 Å². The standard InChI is InChI=1S/C18H23NO6/c1-11(19)17(12(2)20)14(21)10-25-16(22)9-8-13-6-5-7-15(23-3)18(13)24-4/h5-7,19,21H,8-10H2,1-4H3/b17-14-,19-11?. The van der Waals surface area contributed by atoms with Crippen molar-refractivity contribution in [1.29, 1.82) is 5.41 Å². The van der Waals surface area contributed by atoms with Crippen molar-refractivity contribution >= 4 is 17.5 Å². The second-order valence-electron chi connectivity index (χ2n) is 5.32. The van der Waals surface area contributed by atoms with E-state index >= 15 is 0 Å². The number of aryl methyl sites for hydroxylation is 1. The molecule has 1 rings (SSSR count). The molecule has 0 aliphatic carbocycles. The van der Waals surface area contributed by atoms with Crippen LogP contribution in [0.2, 0.25) is 0 Å². The lowest BCUT2D eigenvalue weighted by atomic mass is 10.1. The minimum absolute atomic E-state index is 0.0653. The number of rotatable bonds is 9. The van der Waals surface area contributed by atoms with E-state index in [9.17, 15) is 14.7 Å². The molecule has 1 aromatic carbocycles. The third-order valence-electron chi connectivity index (χ3n) is 3.47. The van der Waals surface area contributed by atoms with Gasteiger partial charge in [-0.05, 0) is 31.9 Å². The Kier molecular flexibility index (Phi) is 7.65. The van der Waals surface area contributed by atoms with Crippen LogP contribution in [0.1, 0.15) is 25.8 Å². The fraction of sp³-hybridized carbons (Fsp3) is 0.389. The first-order valence-electron chi connectivity index (χ1n) is 7.65. The molecule has 0 bridgehead atoms. The second kappa shape index (κ2) is 9.46. The number of aliphatic hydroxyl groups is 1. The molecule has 0 radical (unpaired) electrons. The zero-order valence-electron chi connectivity index (χ0n) is 14.8. The second-order valence-corrected chi connectivity index (χ2v) is 5.32. The van der Waals surface area contributed by atoms with E-state index in [1.54, 1.807) is 12.1 Å². The van der Waals surface area contributed by atoms with Crippen LogP contribution in [-0.4, -0.2) is 43.4 Å². The van der Waals surface area contributed by atoms with Gasteiger partial charge in [0.25, 0.3) is 0 Å². The number of allylic oxidation sites excluding steroid dienone is 1. The summed E-state index contributed by atoms with van der Waals surface area (Å²) in [5.74, 6) is -0.295. The highest BCUT2D eigenvalue weighted by molar-refractivity contribution is 6.19. The number of hydrogen-bond acceptors (Lipinski definition) is 7. The summed E-state index contributed by atoms with van der Waals surface area (Å²) >= 11 is 0. The molecule has 0 fully saturated rings. The number of methoxy groups -OCH3 is 2. The molecule has 1 aromatic rings. The molecule has 7 heteroatoms. The van der Waals surface area contributed by atoms with Crippen molar-refractivity contribution in [2.75, 3.05) is 20.8 Å². The monoisotopic (exact) mass is 349 g/mol. The summed E-state index contributed by atoms with van der Waals surface area (Å²) in [5, 5.41) is 17.3. The van der Waals surface area contributed by atoms with Crippen molar-refractivity contribution in [2.45, 2.75) is 26.7 Å². The molecule has 0 spiro atoms. The van der Waals surface area contributed by atoms with Gasteiger partial charge >= 0.3 is 5.97 Å². The predicted molar refractivity (Wildman–Crippen MR) is 92.6 cm³/mol. The zero-order chi connectivity index (χ0) is 19.0. The van der Waals surface area contributed by atoms with Crippen LogP contribution in [0, 0.1) is 5.41 Å². The number of para-hydroxylation sites is 1. The molecule has 0 saturated heterocycles. The van der Waals surface area contributed by atoms with E-state index in [1.165, 1.54) is 28.1 Å². The topological polar surface area (TPSA) is 106 Å². The summed E-state index contributed by atoms with van der Waals surface area (Å²) in [6, 6.07) is 5.37. The molecule has 0 aliphatic heterocycles. The fourth-order valence-electron chi connectivity index (χ4n) is 2.36. The van der Waals surface area contributed by atoms with Crippen molar-refractivity contribution in [1.82, 2.24) is 0 Å². The lowest BCUT2D eigenvalue weighted by Crippen LogP contribution is -2.15. The fourth-order valence-corrected chi connectivity index (χ4v) is 2.36. The number of esters is 1. The molecule has 0 atom stereocenters. The van der Waals surface area contributed by atoms with Crippen LogP contribution in [0.25, 0.3) is 0 Å². The lowest BCUT2D eigenvalue weighted by Gasteiger charge is -2.12. The minimum atomic E-state index is -0.540. The Morgan fingerprint density at radius 2 is 1.84 bits per heavy atom. The van der Waals surface area contributed by atoms with E-state index in [1.807, 2.05) is 6.07 Å². The smallest absolute Gasteiger partial charge is 0.306 e. The number of carbonyl (C=O) groups is 2. The van der Waals surface area contributed by atoms with E-state index in [2.05, 4.69) is 0 Å². The number of nitrogens with one attached hydrogen (secondary N) is 1. The summed E-state index contributed by atoms with van der Waals surface area (Å²) in [4.78, 5) is 23.3. The van der Waals surface area contributed by atoms with Gasteiger partial charge < -0.3 is 24.7 Å². The number of ketones is 1. The first-order valence-corrected chi connectivity index (χ1v) is 7.65. The van der Waals surface area contributed by atoms with Crippen molar-refractivity contribution in [3.63, 3.8) is 0 Å². The van der Waals surface area contributed by atoms with Gasteiger partial charge in [-0.25, -0.2) is 0 Å². The van der Waals surface area contributed by atoms with Gasteiger partial charge in [-0.1, -0.05) is 12.1 Å². The average molecular weight is 349 g/mol. The van der Waals surface area contributed by atoms with E-state index in [0.717, 1.165) is 5.56 Å². The number of aliphatic hydroxyl groups excluding tert-OH is 1. The molecule has 0 heterocycles. The number of hydrogen-bond donors (Lipinski definition) is 2. The van der Waals surface area contributed by atoms with Gasteiger partial charge in [0.2, 0.25) is 0 Å². The Labute approximate surface area is 146 Å². The van der Waals surface area contributed by atoms with Crippen molar-refractivity contribution in [2.24, 2.45) is 0 Å². The largest absolute Gasteiger partial charge is 0.508 e. The van der Waals surface area contributed by atoms with Crippen LogP contribution in [-0.2, 0) is 20.7 Å². The molecule has 0 aromatic heterocycles. The molecule has 7 nitrogen and oxygen atoms in total. The summed E-state index contributed by atoms with van der Waals surface area (Å²) in [7, 11) is 3.05. The highest BCUT2D eigenvalue weighted by atomic mass is 16.5. The summed E-state index contributed by atoms with van der Waals surface area (Å²) in [5.41, 5.74) is 0.572. The Bertz CT molecular complexity index is 677. The van der Waals surface area contributed by atoms with Gasteiger partial charge in [0.1, 0.15) is 12.4 Å². The van der Waals surface area contributed by atoms with Crippen LogP contribution in [0.4, 0.5) is 0 Å². The first kappa shape index (κ1) is 20.2. The third-order valence-corrected chi connectivity index (χ3v) is 3.47. The Morgan fingerprint density at radius 1 is 1.16 bits per heavy atom. The number of carbonyl (C=O) groups excluding carboxylic acids is 2.